The predicted molar refractivity (Wildman–Crippen MR) is 114 cm³/mol. The molecule has 1 heterocycles. The summed E-state index contributed by atoms with van der Waals surface area (Å²) in [5.41, 5.74) is 2.70. The average molecular weight is 406 g/mol. The van der Waals surface area contributed by atoms with Crippen LogP contribution < -0.4 is 9.64 Å². The molecule has 0 aliphatic rings. The van der Waals surface area contributed by atoms with Crippen molar-refractivity contribution in [3.05, 3.63) is 89.7 Å². The zero-order chi connectivity index (χ0) is 20.2. The molecule has 0 N–H and O–H groups in total. The van der Waals surface area contributed by atoms with Crippen molar-refractivity contribution in [2.75, 3.05) is 11.5 Å². The second kappa shape index (κ2) is 8.41. The van der Waals surface area contributed by atoms with Crippen molar-refractivity contribution >= 4 is 32.6 Å². The van der Waals surface area contributed by atoms with E-state index >= 15 is 0 Å². The quantitative estimate of drug-likeness (QED) is 0.433. The van der Waals surface area contributed by atoms with E-state index in [1.54, 1.807) is 11.0 Å². The smallest absolute Gasteiger partial charge is 0.267 e. The highest BCUT2D eigenvalue weighted by Crippen LogP contribution is 2.30. The fourth-order valence-corrected chi connectivity index (χ4v) is 3.97. The standard InChI is InChI=1S/C23H19FN2O2S/c1-16-6-5-9-19(12-16)28-15-22(27)26(14-17-7-3-2-4-8-17)23-25-20-11-10-18(24)13-21(20)29-23/h2-13H,14-15H2,1H3. The Balaban J connectivity index is 1.60. The van der Waals surface area contributed by atoms with Gasteiger partial charge in [-0.25, -0.2) is 9.37 Å². The van der Waals surface area contributed by atoms with Crippen LogP contribution in [-0.2, 0) is 11.3 Å². The predicted octanol–water partition coefficient (Wildman–Crippen LogP) is 5.36. The third-order valence-electron chi connectivity index (χ3n) is 4.41. The first kappa shape index (κ1) is 19.1. The zero-order valence-corrected chi connectivity index (χ0v) is 16.7. The van der Waals surface area contributed by atoms with Crippen LogP contribution in [0.1, 0.15) is 11.1 Å². The maximum absolute atomic E-state index is 13.6. The largest absolute Gasteiger partial charge is 0.484 e. The minimum Gasteiger partial charge on any atom is -0.484 e. The molecule has 3 aromatic carbocycles. The summed E-state index contributed by atoms with van der Waals surface area (Å²) in [6, 6.07) is 21.7. The average Bonchev–Trinajstić information content (AvgIpc) is 3.14. The van der Waals surface area contributed by atoms with Gasteiger partial charge in [0.25, 0.3) is 5.91 Å². The van der Waals surface area contributed by atoms with Crippen molar-refractivity contribution in [3.8, 4) is 5.75 Å². The highest BCUT2D eigenvalue weighted by Gasteiger charge is 2.21. The molecule has 0 saturated heterocycles. The normalized spacial score (nSPS) is 10.8. The van der Waals surface area contributed by atoms with Gasteiger partial charge in [0.15, 0.2) is 11.7 Å². The first-order valence-electron chi connectivity index (χ1n) is 9.18. The third kappa shape index (κ3) is 4.60. The number of carbonyl (C=O) groups excluding carboxylic acids is 1. The first-order chi connectivity index (χ1) is 14.1. The maximum atomic E-state index is 13.6. The summed E-state index contributed by atoms with van der Waals surface area (Å²) in [6.07, 6.45) is 0. The fraction of sp³-hybridized carbons (Fsp3) is 0.130. The molecule has 1 amide bonds. The van der Waals surface area contributed by atoms with Gasteiger partial charge in [0.05, 0.1) is 16.8 Å². The number of rotatable bonds is 6. The molecule has 29 heavy (non-hydrogen) atoms. The molecular formula is C23H19FN2O2S. The highest BCUT2D eigenvalue weighted by molar-refractivity contribution is 7.22. The molecule has 0 unspecified atom stereocenters. The molecule has 4 nitrogen and oxygen atoms in total. The van der Waals surface area contributed by atoms with Gasteiger partial charge in [-0.15, -0.1) is 0 Å². The van der Waals surface area contributed by atoms with E-state index in [9.17, 15) is 9.18 Å². The van der Waals surface area contributed by atoms with Crippen LogP contribution in [0.15, 0.2) is 72.8 Å². The number of aromatic nitrogens is 1. The third-order valence-corrected chi connectivity index (χ3v) is 5.45. The molecule has 1 aromatic heterocycles. The van der Waals surface area contributed by atoms with Crippen molar-refractivity contribution in [1.29, 1.82) is 0 Å². The number of amides is 1. The number of thiazole rings is 1. The number of benzene rings is 3. The fourth-order valence-electron chi connectivity index (χ4n) is 2.96. The minimum atomic E-state index is -0.323. The number of hydrogen-bond donors (Lipinski definition) is 0. The molecule has 6 heteroatoms. The summed E-state index contributed by atoms with van der Waals surface area (Å²) < 4.78 is 20.0. The molecule has 4 aromatic rings. The summed E-state index contributed by atoms with van der Waals surface area (Å²) in [5, 5.41) is 0.521. The number of nitrogens with zero attached hydrogens (tertiary/aromatic N) is 2. The number of ether oxygens (including phenoxy) is 1. The van der Waals surface area contributed by atoms with Gasteiger partial charge in [0.1, 0.15) is 11.6 Å². The van der Waals surface area contributed by atoms with E-state index in [2.05, 4.69) is 4.98 Å². The lowest BCUT2D eigenvalue weighted by molar-refractivity contribution is -0.120. The van der Waals surface area contributed by atoms with E-state index in [0.717, 1.165) is 11.1 Å². The number of carbonyl (C=O) groups is 1. The first-order valence-corrected chi connectivity index (χ1v) is 10.00. The lowest BCUT2D eigenvalue weighted by Crippen LogP contribution is -2.34. The summed E-state index contributed by atoms with van der Waals surface area (Å²) in [7, 11) is 0. The van der Waals surface area contributed by atoms with Crippen LogP contribution in [0.5, 0.6) is 5.75 Å². The Bertz CT molecular complexity index is 1140. The van der Waals surface area contributed by atoms with Gasteiger partial charge in [-0.3, -0.25) is 9.69 Å². The van der Waals surface area contributed by atoms with Crippen LogP contribution in [0.3, 0.4) is 0 Å². The Kier molecular flexibility index (Phi) is 5.53. The van der Waals surface area contributed by atoms with Crippen LogP contribution in [0.2, 0.25) is 0 Å². The van der Waals surface area contributed by atoms with E-state index in [1.165, 1.54) is 23.5 Å². The summed E-state index contributed by atoms with van der Waals surface area (Å²) in [4.78, 5) is 19.2. The Labute approximate surface area is 172 Å². The molecule has 0 bridgehead atoms. The van der Waals surface area contributed by atoms with Crippen LogP contribution in [0, 0.1) is 12.7 Å². The van der Waals surface area contributed by atoms with E-state index < -0.39 is 0 Å². The van der Waals surface area contributed by atoms with Crippen LogP contribution in [0.4, 0.5) is 9.52 Å². The Morgan fingerprint density at radius 3 is 2.69 bits per heavy atom. The molecule has 4 rings (SSSR count). The molecule has 0 fully saturated rings. The molecule has 146 valence electrons. The van der Waals surface area contributed by atoms with Gasteiger partial charge in [-0.2, -0.15) is 0 Å². The minimum absolute atomic E-state index is 0.111. The maximum Gasteiger partial charge on any atom is 0.267 e. The lowest BCUT2D eigenvalue weighted by Gasteiger charge is -2.20. The zero-order valence-electron chi connectivity index (χ0n) is 15.8. The van der Waals surface area contributed by atoms with Crippen LogP contribution in [0.25, 0.3) is 10.2 Å². The van der Waals surface area contributed by atoms with Crippen LogP contribution in [-0.4, -0.2) is 17.5 Å². The summed E-state index contributed by atoms with van der Waals surface area (Å²) in [5.74, 6) is 0.107. The van der Waals surface area contributed by atoms with Crippen molar-refractivity contribution in [3.63, 3.8) is 0 Å². The number of fused-ring (bicyclic) bond motifs is 1. The van der Waals surface area contributed by atoms with Crippen molar-refractivity contribution in [2.45, 2.75) is 13.5 Å². The summed E-state index contributed by atoms with van der Waals surface area (Å²) >= 11 is 1.29. The van der Waals surface area contributed by atoms with E-state index in [0.29, 0.717) is 27.6 Å². The second-order valence-electron chi connectivity index (χ2n) is 6.68. The monoisotopic (exact) mass is 406 g/mol. The topological polar surface area (TPSA) is 42.4 Å². The van der Waals surface area contributed by atoms with Gasteiger partial charge in [-0.1, -0.05) is 53.8 Å². The van der Waals surface area contributed by atoms with Crippen molar-refractivity contribution < 1.29 is 13.9 Å². The SMILES string of the molecule is Cc1cccc(OCC(=O)N(Cc2ccccc2)c2nc3ccc(F)cc3s2)c1. The molecule has 0 aliphatic carbocycles. The Morgan fingerprint density at radius 2 is 1.90 bits per heavy atom. The van der Waals surface area contributed by atoms with Gasteiger partial charge in [0, 0.05) is 0 Å². The van der Waals surface area contributed by atoms with E-state index in [1.807, 2.05) is 61.5 Å². The van der Waals surface area contributed by atoms with E-state index in [-0.39, 0.29) is 18.3 Å². The molecule has 0 atom stereocenters. The molecule has 0 radical (unpaired) electrons. The second-order valence-corrected chi connectivity index (χ2v) is 7.69. The summed E-state index contributed by atoms with van der Waals surface area (Å²) in [6.45, 7) is 2.22. The Hall–Kier alpha value is -3.25. The Morgan fingerprint density at radius 1 is 1.07 bits per heavy atom. The molecule has 0 saturated carbocycles. The van der Waals surface area contributed by atoms with Gasteiger partial charge in [-0.05, 0) is 48.4 Å². The highest BCUT2D eigenvalue weighted by atomic mass is 32.1. The van der Waals surface area contributed by atoms with E-state index in [4.69, 9.17) is 4.74 Å². The van der Waals surface area contributed by atoms with Crippen molar-refractivity contribution in [1.82, 2.24) is 4.98 Å². The molecular weight excluding hydrogens is 387 g/mol. The van der Waals surface area contributed by atoms with Gasteiger partial charge in [0.2, 0.25) is 0 Å². The van der Waals surface area contributed by atoms with Crippen molar-refractivity contribution in [2.24, 2.45) is 0 Å². The van der Waals surface area contributed by atoms with Crippen LogP contribution >= 0.6 is 11.3 Å². The number of halogens is 1. The van der Waals surface area contributed by atoms with Gasteiger partial charge >= 0.3 is 0 Å². The number of anilines is 1. The molecule has 0 aliphatic heterocycles. The molecule has 0 spiro atoms. The lowest BCUT2D eigenvalue weighted by atomic mass is 10.2. The number of aryl methyl sites for hydroxylation is 1. The number of hydrogen-bond acceptors (Lipinski definition) is 4. The van der Waals surface area contributed by atoms with Gasteiger partial charge < -0.3 is 4.74 Å².